The number of rotatable bonds is 6. The molecule has 1 unspecified atom stereocenters. The molecule has 0 spiro atoms. The topological polar surface area (TPSA) is 21.3 Å². The van der Waals surface area contributed by atoms with Crippen LogP contribution in [0.4, 0.5) is 0 Å². The lowest BCUT2D eigenvalue weighted by molar-refractivity contribution is 0.127. The summed E-state index contributed by atoms with van der Waals surface area (Å²) in [6, 6.07) is 4.77. The molecular formula is C11H19NOS. The number of thiophene rings is 1. The summed E-state index contributed by atoms with van der Waals surface area (Å²) in [6.07, 6.45) is 0. The average molecular weight is 213 g/mol. The van der Waals surface area contributed by atoms with Gasteiger partial charge in [-0.15, -0.1) is 11.3 Å². The van der Waals surface area contributed by atoms with Gasteiger partial charge < -0.3 is 10.1 Å². The largest absolute Gasteiger partial charge is 0.380 e. The zero-order valence-electron chi connectivity index (χ0n) is 9.17. The minimum absolute atomic E-state index is 0.428. The van der Waals surface area contributed by atoms with Gasteiger partial charge in [-0.1, -0.05) is 0 Å². The van der Waals surface area contributed by atoms with E-state index in [9.17, 15) is 0 Å². The highest BCUT2D eigenvalue weighted by molar-refractivity contribution is 7.11. The second kappa shape index (κ2) is 6.17. The fourth-order valence-electron chi connectivity index (χ4n) is 1.21. The first-order valence-electron chi connectivity index (χ1n) is 5.08. The van der Waals surface area contributed by atoms with E-state index < -0.39 is 0 Å². The van der Waals surface area contributed by atoms with Crippen LogP contribution < -0.4 is 5.32 Å². The molecule has 0 radical (unpaired) electrons. The Bertz CT molecular complexity index is 260. The standard InChI is InChI=1S/C11H19NOS/c1-4-13-8-9(2)12-7-11-6-5-10(3)14-11/h5-6,9,12H,4,7-8H2,1-3H3. The van der Waals surface area contributed by atoms with E-state index in [1.165, 1.54) is 9.75 Å². The lowest BCUT2D eigenvalue weighted by Crippen LogP contribution is -2.29. The molecule has 1 heterocycles. The molecule has 1 aromatic heterocycles. The maximum Gasteiger partial charge on any atom is 0.0616 e. The number of aryl methyl sites for hydroxylation is 1. The van der Waals surface area contributed by atoms with Crippen LogP contribution in [0.3, 0.4) is 0 Å². The molecule has 0 aliphatic carbocycles. The molecule has 0 amide bonds. The lowest BCUT2D eigenvalue weighted by Gasteiger charge is -2.12. The zero-order chi connectivity index (χ0) is 10.4. The van der Waals surface area contributed by atoms with E-state index in [1.54, 1.807) is 0 Å². The van der Waals surface area contributed by atoms with Crippen LogP contribution in [0.15, 0.2) is 12.1 Å². The second-order valence-electron chi connectivity index (χ2n) is 3.45. The lowest BCUT2D eigenvalue weighted by atomic mass is 10.3. The van der Waals surface area contributed by atoms with E-state index in [1.807, 2.05) is 18.3 Å². The molecule has 1 atom stereocenters. The van der Waals surface area contributed by atoms with Gasteiger partial charge in [-0.3, -0.25) is 0 Å². The molecule has 1 N–H and O–H groups in total. The normalized spacial score (nSPS) is 13.1. The van der Waals surface area contributed by atoms with Crippen molar-refractivity contribution in [2.75, 3.05) is 13.2 Å². The van der Waals surface area contributed by atoms with E-state index in [4.69, 9.17) is 4.74 Å². The van der Waals surface area contributed by atoms with Gasteiger partial charge in [0, 0.05) is 28.9 Å². The molecule has 0 bridgehead atoms. The maximum absolute atomic E-state index is 5.33. The molecule has 0 saturated heterocycles. The Morgan fingerprint density at radius 3 is 2.86 bits per heavy atom. The van der Waals surface area contributed by atoms with E-state index >= 15 is 0 Å². The van der Waals surface area contributed by atoms with Crippen molar-refractivity contribution in [2.24, 2.45) is 0 Å². The van der Waals surface area contributed by atoms with E-state index in [-0.39, 0.29) is 0 Å². The third-order valence-corrected chi connectivity index (χ3v) is 2.99. The molecule has 14 heavy (non-hydrogen) atoms. The van der Waals surface area contributed by atoms with Crippen molar-refractivity contribution in [1.82, 2.24) is 5.32 Å². The summed E-state index contributed by atoms with van der Waals surface area (Å²) in [4.78, 5) is 2.77. The van der Waals surface area contributed by atoms with Crippen LogP contribution in [-0.2, 0) is 11.3 Å². The van der Waals surface area contributed by atoms with Crippen molar-refractivity contribution >= 4 is 11.3 Å². The number of nitrogens with one attached hydrogen (secondary N) is 1. The first-order chi connectivity index (χ1) is 6.72. The van der Waals surface area contributed by atoms with Crippen molar-refractivity contribution in [2.45, 2.75) is 33.4 Å². The minimum Gasteiger partial charge on any atom is -0.380 e. The molecule has 0 saturated carbocycles. The fraction of sp³-hybridized carbons (Fsp3) is 0.636. The smallest absolute Gasteiger partial charge is 0.0616 e. The van der Waals surface area contributed by atoms with Crippen molar-refractivity contribution < 1.29 is 4.74 Å². The highest BCUT2D eigenvalue weighted by Gasteiger charge is 2.02. The van der Waals surface area contributed by atoms with Gasteiger partial charge in [0.1, 0.15) is 0 Å². The highest BCUT2D eigenvalue weighted by Crippen LogP contribution is 2.14. The Hall–Kier alpha value is -0.380. The second-order valence-corrected chi connectivity index (χ2v) is 4.83. The van der Waals surface area contributed by atoms with Gasteiger partial charge in [0.05, 0.1) is 6.61 Å². The summed E-state index contributed by atoms with van der Waals surface area (Å²) in [5.74, 6) is 0. The van der Waals surface area contributed by atoms with Crippen LogP contribution in [0.25, 0.3) is 0 Å². The third kappa shape index (κ3) is 4.22. The Morgan fingerprint density at radius 2 is 2.29 bits per heavy atom. The van der Waals surface area contributed by atoms with Gasteiger partial charge in [0.2, 0.25) is 0 Å². The van der Waals surface area contributed by atoms with E-state index in [0.29, 0.717) is 6.04 Å². The fourth-order valence-corrected chi connectivity index (χ4v) is 2.05. The monoisotopic (exact) mass is 213 g/mol. The van der Waals surface area contributed by atoms with Crippen molar-refractivity contribution in [3.63, 3.8) is 0 Å². The van der Waals surface area contributed by atoms with Gasteiger partial charge in [-0.2, -0.15) is 0 Å². The SMILES string of the molecule is CCOCC(C)NCc1ccc(C)s1. The Balaban J connectivity index is 2.20. The Kier molecular flexibility index (Phi) is 5.15. The van der Waals surface area contributed by atoms with E-state index in [0.717, 1.165) is 19.8 Å². The van der Waals surface area contributed by atoms with Crippen LogP contribution >= 0.6 is 11.3 Å². The molecule has 0 aliphatic rings. The summed E-state index contributed by atoms with van der Waals surface area (Å²) in [5, 5.41) is 3.43. The average Bonchev–Trinajstić information content (AvgIpc) is 2.58. The predicted molar refractivity (Wildman–Crippen MR) is 61.9 cm³/mol. The molecule has 0 fully saturated rings. The summed E-state index contributed by atoms with van der Waals surface area (Å²) in [5.41, 5.74) is 0. The van der Waals surface area contributed by atoms with Gasteiger partial charge in [-0.05, 0) is 32.9 Å². The van der Waals surface area contributed by atoms with Crippen molar-refractivity contribution in [3.05, 3.63) is 21.9 Å². The van der Waals surface area contributed by atoms with E-state index in [2.05, 4.69) is 31.3 Å². The molecule has 1 rings (SSSR count). The van der Waals surface area contributed by atoms with Gasteiger partial charge in [0.15, 0.2) is 0 Å². The summed E-state index contributed by atoms with van der Waals surface area (Å²) < 4.78 is 5.33. The highest BCUT2D eigenvalue weighted by atomic mass is 32.1. The molecule has 2 nitrogen and oxygen atoms in total. The molecule has 1 aromatic rings. The third-order valence-electron chi connectivity index (χ3n) is 1.99. The summed E-state index contributed by atoms with van der Waals surface area (Å²) in [7, 11) is 0. The van der Waals surface area contributed by atoms with Crippen molar-refractivity contribution in [1.29, 1.82) is 0 Å². The molecule has 0 aliphatic heterocycles. The molecule has 80 valence electrons. The van der Waals surface area contributed by atoms with Crippen LogP contribution in [0.1, 0.15) is 23.6 Å². The maximum atomic E-state index is 5.33. The number of hydrogen-bond acceptors (Lipinski definition) is 3. The molecule has 3 heteroatoms. The quantitative estimate of drug-likeness (QED) is 0.784. The van der Waals surface area contributed by atoms with Gasteiger partial charge in [-0.25, -0.2) is 0 Å². The minimum atomic E-state index is 0.428. The first-order valence-corrected chi connectivity index (χ1v) is 5.90. The zero-order valence-corrected chi connectivity index (χ0v) is 9.99. The summed E-state index contributed by atoms with van der Waals surface area (Å²) >= 11 is 1.85. The summed E-state index contributed by atoms with van der Waals surface area (Å²) in [6.45, 7) is 8.85. The van der Waals surface area contributed by atoms with Crippen LogP contribution in [0.2, 0.25) is 0 Å². The predicted octanol–water partition coefficient (Wildman–Crippen LogP) is 2.57. The Labute approximate surface area is 90.3 Å². The van der Waals surface area contributed by atoms with Crippen LogP contribution in [-0.4, -0.2) is 19.3 Å². The Morgan fingerprint density at radius 1 is 1.50 bits per heavy atom. The van der Waals surface area contributed by atoms with Crippen LogP contribution in [0.5, 0.6) is 0 Å². The number of hydrogen-bond donors (Lipinski definition) is 1. The van der Waals surface area contributed by atoms with Crippen molar-refractivity contribution in [3.8, 4) is 0 Å². The first kappa shape index (κ1) is 11.7. The molecule has 0 aromatic carbocycles. The van der Waals surface area contributed by atoms with Crippen LogP contribution in [0, 0.1) is 6.92 Å². The van der Waals surface area contributed by atoms with Gasteiger partial charge in [0.25, 0.3) is 0 Å². The van der Waals surface area contributed by atoms with Gasteiger partial charge >= 0.3 is 0 Å². The number of ether oxygens (including phenoxy) is 1. The molecular weight excluding hydrogens is 194 g/mol.